The molecule has 148 valence electrons. The van der Waals surface area contributed by atoms with Gasteiger partial charge in [0.15, 0.2) is 18.0 Å². The van der Waals surface area contributed by atoms with Crippen LogP contribution in [0.1, 0.15) is 24.4 Å². The number of carbonyl (C=O) groups excluding carboxylic acids is 1. The Hall–Kier alpha value is -3.05. The van der Waals surface area contributed by atoms with Crippen molar-refractivity contribution in [3.8, 4) is 11.5 Å². The van der Waals surface area contributed by atoms with E-state index in [2.05, 4.69) is 29.6 Å². The third kappa shape index (κ3) is 3.66. The van der Waals surface area contributed by atoms with E-state index in [-0.39, 0.29) is 5.91 Å². The lowest BCUT2D eigenvalue weighted by Crippen LogP contribution is -3.11. The molecule has 2 heterocycles. The van der Waals surface area contributed by atoms with Crippen LogP contribution in [0.5, 0.6) is 11.5 Å². The summed E-state index contributed by atoms with van der Waals surface area (Å²) in [7, 11) is 0. The van der Waals surface area contributed by atoms with Crippen LogP contribution in [-0.4, -0.2) is 32.2 Å². The summed E-state index contributed by atoms with van der Waals surface area (Å²) in [5.41, 5.74) is 2.10. The van der Waals surface area contributed by atoms with Crippen molar-refractivity contribution in [2.24, 2.45) is 0 Å². The molecule has 0 spiro atoms. The molecule has 1 fully saturated rings. The van der Waals surface area contributed by atoms with Gasteiger partial charge in [-0.25, -0.2) is 0 Å². The van der Waals surface area contributed by atoms with Crippen LogP contribution in [-0.2, 0) is 4.79 Å². The number of amides is 1. The number of quaternary nitrogens is 1. The van der Waals surface area contributed by atoms with E-state index in [0.717, 1.165) is 47.3 Å². The van der Waals surface area contributed by atoms with Crippen molar-refractivity contribution < 1.29 is 19.2 Å². The van der Waals surface area contributed by atoms with Gasteiger partial charge < -0.3 is 19.7 Å². The van der Waals surface area contributed by atoms with E-state index in [1.807, 2.05) is 36.4 Å². The summed E-state index contributed by atoms with van der Waals surface area (Å²) in [6.07, 6.45) is 2.20. The molecule has 5 rings (SSSR count). The second-order valence-electron chi connectivity index (χ2n) is 7.76. The molecule has 2 atom stereocenters. The zero-order valence-corrected chi connectivity index (χ0v) is 16.3. The van der Waals surface area contributed by atoms with Gasteiger partial charge >= 0.3 is 0 Å². The van der Waals surface area contributed by atoms with E-state index in [1.54, 1.807) is 0 Å². The van der Waals surface area contributed by atoms with Crippen LogP contribution < -0.4 is 19.7 Å². The second-order valence-corrected chi connectivity index (χ2v) is 7.76. The number of hydrogen-bond acceptors (Lipinski definition) is 3. The van der Waals surface area contributed by atoms with Gasteiger partial charge in [-0.15, -0.1) is 0 Å². The van der Waals surface area contributed by atoms with E-state index in [4.69, 9.17) is 9.47 Å². The Labute approximate surface area is 170 Å². The highest BCUT2D eigenvalue weighted by Crippen LogP contribution is 2.33. The molecule has 3 aromatic rings. The molecule has 2 aliphatic heterocycles. The summed E-state index contributed by atoms with van der Waals surface area (Å²) in [6, 6.07) is 20.7. The minimum absolute atomic E-state index is 0.0563. The lowest BCUT2D eigenvalue weighted by atomic mass is 10.0. The molecule has 0 saturated carbocycles. The average molecular weight is 389 g/mol. The first-order valence-corrected chi connectivity index (χ1v) is 10.3. The van der Waals surface area contributed by atoms with Crippen molar-refractivity contribution in [1.29, 1.82) is 0 Å². The SMILES string of the molecule is O=C(C[NH+]1CCC[C@H]1c1ccc2c(c1)OCCO2)Nc1cccc2ccccc12. The van der Waals surface area contributed by atoms with E-state index in [9.17, 15) is 4.79 Å². The molecular weight excluding hydrogens is 364 g/mol. The third-order valence-electron chi connectivity index (χ3n) is 5.90. The highest BCUT2D eigenvalue weighted by Gasteiger charge is 2.32. The summed E-state index contributed by atoms with van der Waals surface area (Å²) in [5, 5.41) is 5.33. The zero-order valence-electron chi connectivity index (χ0n) is 16.3. The molecule has 5 nitrogen and oxygen atoms in total. The minimum Gasteiger partial charge on any atom is -0.486 e. The highest BCUT2D eigenvalue weighted by atomic mass is 16.6. The van der Waals surface area contributed by atoms with Crippen LogP contribution in [0.3, 0.4) is 0 Å². The molecule has 3 aromatic carbocycles. The summed E-state index contributed by atoms with van der Waals surface area (Å²) in [6.45, 7) is 2.65. The van der Waals surface area contributed by atoms with Crippen LogP contribution in [0.4, 0.5) is 5.69 Å². The van der Waals surface area contributed by atoms with Crippen LogP contribution in [0.15, 0.2) is 60.7 Å². The molecule has 0 aliphatic carbocycles. The number of ether oxygens (including phenoxy) is 2. The zero-order chi connectivity index (χ0) is 19.6. The first-order valence-electron chi connectivity index (χ1n) is 10.3. The molecule has 0 radical (unpaired) electrons. The maximum Gasteiger partial charge on any atom is 0.279 e. The lowest BCUT2D eigenvalue weighted by molar-refractivity contribution is -0.910. The van der Waals surface area contributed by atoms with Crippen LogP contribution in [0, 0.1) is 0 Å². The van der Waals surface area contributed by atoms with Gasteiger partial charge in [0.25, 0.3) is 5.91 Å². The molecule has 0 aromatic heterocycles. The van der Waals surface area contributed by atoms with E-state index in [0.29, 0.717) is 25.8 Å². The average Bonchev–Trinajstić information content (AvgIpc) is 3.21. The molecule has 5 heteroatoms. The van der Waals surface area contributed by atoms with Crippen molar-refractivity contribution in [3.05, 3.63) is 66.2 Å². The van der Waals surface area contributed by atoms with Gasteiger partial charge in [-0.05, 0) is 29.7 Å². The smallest absolute Gasteiger partial charge is 0.279 e. The van der Waals surface area contributed by atoms with Gasteiger partial charge in [-0.2, -0.15) is 0 Å². The largest absolute Gasteiger partial charge is 0.486 e. The lowest BCUT2D eigenvalue weighted by Gasteiger charge is -2.24. The highest BCUT2D eigenvalue weighted by molar-refractivity contribution is 6.02. The van der Waals surface area contributed by atoms with Crippen LogP contribution in [0.25, 0.3) is 10.8 Å². The van der Waals surface area contributed by atoms with Crippen molar-refractivity contribution >= 4 is 22.4 Å². The van der Waals surface area contributed by atoms with Gasteiger partial charge in [0.1, 0.15) is 19.3 Å². The second kappa shape index (κ2) is 7.76. The van der Waals surface area contributed by atoms with Gasteiger partial charge in [0.2, 0.25) is 0 Å². The summed E-state index contributed by atoms with van der Waals surface area (Å²) < 4.78 is 11.4. The van der Waals surface area contributed by atoms with Gasteiger partial charge in [0, 0.05) is 29.5 Å². The predicted molar refractivity (Wildman–Crippen MR) is 113 cm³/mol. The van der Waals surface area contributed by atoms with Gasteiger partial charge in [0.05, 0.1) is 6.54 Å². The van der Waals surface area contributed by atoms with Gasteiger partial charge in [-0.1, -0.05) is 36.4 Å². The third-order valence-corrected chi connectivity index (χ3v) is 5.90. The normalized spacial score (nSPS) is 20.6. The fraction of sp³-hybridized carbons (Fsp3) is 0.292. The molecule has 29 heavy (non-hydrogen) atoms. The summed E-state index contributed by atoms with van der Waals surface area (Å²) in [5.74, 6) is 1.69. The number of fused-ring (bicyclic) bond motifs is 2. The summed E-state index contributed by atoms with van der Waals surface area (Å²) in [4.78, 5) is 14.2. The van der Waals surface area contributed by atoms with Crippen molar-refractivity contribution in [3.63, 3.8) is 0 Å². The number of rotatable bonds is 4. The first-order chi connectivity index (χ1) is 14.3. The van der Waals surface area contributed by atoms with E-state index >= 15 is 0 Å². The Bertz CT molecular complexity index is 1040. The Morgan fingerprint density at radius 2 is 1.83 bits per heavy atom. The van der Waals surface area contributed by atoms with Crippen molar-refractivity contribution in [1.82, 2.24) is 0 Å². The number of benzene rings is 3. The van der Waals surface area contributed by atoms with E-state index in [1.165, 1.54) is 10.5 Å². The minimum atomic E-state index is 0.0563. The molecule has 2 aliphatic rings. The van der Waals surface area contributed by atoms with E-state index < -0.39 is 0 Å². The monoisotopic (exact) mass is 389 g/mol. The standard InChI is InChI=1S/C24H24N2O3/c27-24(25-20-8-3-6-17-5-1-2-7-19(17)20)16-26-12-4-9-21(26)18-10-11-22-23(15-18)29-14-13-28-22/h1-3,5-8,10-11,15,21H,4,9,12-14,16H2,(H,25,27)/p+1/t21-/m0/s1. The van der Waals surface area contributed by atoms with Gasteiger partial charge in [-0.3, -0.25) is 4.79 Å². The Morgan fingerprint density at radius 3 is 2.76 bits per heavy atom. The van der Waals surface area contributed by atoms with Crippen LogP contribution in [0.2, 0.25) is 0 Å². The topological polar surface area (TPSA) is 52.0 Å². The van der Waals surface area contributed by atoms with Crippen LogP contribution >= 0.6 is 0 Å². The number of likely N-dealkylation sites (tertiary alicyclic amines) is 1. The fourth-order valence-electron chi connectivity index (χ4n) is 4.54. The quantitative estimate of drug-likeness (QED) is 0.721. The Morgan fingerprint density at radius 1 is 1.00 bits per heavy atom. The molecule has 2 N–H and O–H groups in total. The number of hydrogen-bond donors (Lipinski definition) is 2. The molecular formula is C24H25N2O3+. The number of carbonyl (C=O) groups is 1. The van der Waals surface area contributed by atoms with Crippen molar-refractivity contribution in [2.45, 2.75) is 18.9 Å². The summed E-state index contributed by atoms with van der Waals surface area (Å²) >= 11 is 0. The predicted octanol–water partition coefficient (Wildman–Crippen LogP) is 2.97. The molecule has 1 amide bonds. The maximum atomic E-state index is 12.8. The number of anilines is 1. The molecule has 1 unspecified atom stereocenters. The maximum absolute atomic E-state index is 12.8. The molecule has 1 saturated heterocycles. The fourth-order valence-corrected chi connectivity index (χ4v) is 4.54. The molecule has 0 bridgehead atoms. The Balaban J connectivity index is 1.31. The van der Waals surface area contributed by atoms with Crippen molar-refractivity contribution in [2.75, 3.05) is 31.6 Å². The number of nitrogens with one attached hydrogen (secondary N) is 2. The Kier molecular flexibility index (Phi) is 4.82. The first kappa shape index (κ1) is 18.0.